The van der Waals surface area contributed by atoms with Crippen LogP contribution in [-0.2, 0) is 0 Å². The summed E-state index contributed by atoms with van der Waals surface area (Å²) in [6.07, 6.45) is 9.31. The Morgan fingerprint density at radius 1 is 1.29 bits per heavy atom. The lowest BCUT2D eigenvalue weighted by atomic mass is 10.0. The summed E-state index contributed by atoms with van der Waals surface area (Å²) >= 11 is 0. The number of carbonyl (C=O) groups is 1. The predicted molar refractivity (Wildman–Crippen MR) is 88.9 cm³/mol. The molecule has 124 valence electrons. The molecule has 0 bridgehead atoms. The average Bonchev–Trinajstić information content (AvgIpc) is 3.20. The van der Waals surface area contributed by atoms with Gasteiger partial charge < -0.3 is 9.47 Å². The topological polar surface area (TPSA) is 68.3 Å². The van der Waals surface area contributed by atoms with Gasteiger partial charge in [-0.2, -0.15) is 5.10 Å². The van der Waals surface area contributed by atoms with Crippen molar-refractivity contribution < 1.29 is 4.79 Å². The highest BCUT2D eigenvalue weighted by molar-refractivity contribution is 5.99. The number of hydrogen-bond donors (Lipinski definition) is 0. The fraction of sp³-hybridized carbons (Fsp3) is 0.412. The molecular weight excluding hydrogens is 304 g/mol. The van der Waals surface area contributed by atoms with Crippen molar-refractivity contribution in [3.8, 4) is 0 Å². The van der Waals surface area contributed by atoms with Gasteiger partial charge in [0, 0.05) is 37.4 Å². The Labute approximate surface area is 139 Å². The van der Waals surface area contributed by atoms with Crippen molar-refractivity contribution in [1.82, 2.24) is 29.0 Å². The molecule has 0 spiro atoms. The van der Waals surface area contributed by atoms with Gasteiger partial charge in [0.05, 0.1) is 12.2 Å². The van der Waals surface area contributed by atoms with Crippen LogP contribution in [0.15, 0.2) is 30.9 Å². The van der Waals surface area contributed by atoms with Gasteiger partial charge in [-0.05, 0) is 32.8 Å². The Kier molecular flexibility index (Phi) is 3.55. The minimum atomic E-state index is 0.00516. The molecule has 7 heteroatoms. The van der Waals surface area contributed by atoms with Gasteiger partial charge in [0.1, 0.15) is 11.4 Å². The molecule has 0 aliphatic carbocycles. The molecule has 4 rings (SSSR count). The zero-order valence-electron chi connectivity index (χ0n) is 13.9. The van der Waals surface area contributed by atoms with E-state index in [-0.39, 0.29) is 11.9 Å². The van der Waals surface area contributed by atoms with Crippen LogP contribution in [0.1, 0.15) is 40.8 Å². The molecule has 0 aromatic carbocycles. The lowest BCUT2D eigenvalue weighted by Crippen LogP contribution is -2.40. The fourth-order valence-electron chi connectivity index (χ4n) is 3.42. The van der Waals surface area contributed by atoms with Gasteiger partial charge in [-0.3, -0.25) is 4.79 Å². The largest absolute Gasteiger partial charge is 0.336 e. The van der Waals surface area contributed by atoms with Gasteiger partial charge >= 0.3 is 0 Å². The van der Waals surface area contributed by atoms with Gasteiger partial charge in [0.25, 0.3) is 5.91 Å². The smallest absolute Gasteiger partial charge is 0.259 e. The van der Waals surface area contributed by atoms with Gasteiger partial charge in [0.15, 0.2) is 5.65 Å². The third-order valence-electron chi connectivity index (χ3n) is 4.68. The third-order valence-corrected chi connectivity index (χ3v) is 4.68. The first-order valence-electron chi connectivity index (χ1n) is 8.23. The van der Waals surface area contributed by atoms with Gasteiger partial charge in [-0.1, -0.05) is 0 Å². The van der Waals surface area contributed by atoms with Crippen LogP contribution in [0.5, 0.6) is 0 Å². The number of nitrogens with zero attached hydrogens (tertiary/aromatic N) is 6. The standard InChI is InChI=1S/C17H20N6O/c1-12-5-8-23-16(20-12)15(10-19-23)17(24)21-7-3-4-14(11-21)22-9-6-18-13(22)2/h5-6,8-10,14H,3-4,7,11H2,1-2H3. The van der Waals surface area contributed by atoms with E-state index >= 15 is 0 Å². The van der Waals surface area contributed by atoms with Crippen LogP contribution in [0.25, 0.3) is 5.65 Å². The molecular formula is C17H20N6O. The Morgan fingerprint density at radius 3 is 2.96 bits per heavy atom. The van der Waals surface area contributed by atoms with Crippen LogP contribution in [0.3, 0.4) is 0 Å². The Morgan fingerprint density at radius 2 is 2.17 bits per heavy atom. The zero-order chi connectivity index (χ0) is 16.7. The molecule has 24 heavy (non-hydrogen) atoms. The average molecular weight is 324 g/mol. The molecule has 0 radical (unpaired) electrons. The van der Waals surface area contributed by atoms with Crippen LogP contribution >= 0.6 is 0 Å². The van der Waals surface area contributed by atoms with Crippen molar-refractivity contribution in [3.05, 3.63) is 47.9 Å². The second-order valence-corrected chi connectivity index (χ2v) is 6.32. The maximum atomic E-state index is 13.0. The molecule has 1 aliphatic heterocycles. The van der Waals surface area contributed by atoms with Crippen LogP contribution in [0, 0.1) is 13.8 Å². The van der Waals surface area contributed by atoms with Crippen LogP contribution in [0.2, 0.25) is 0 Å². The molecule has 0 N–H and O–H groups in total. The minimum absolute atomic E-state index is 0.00516. The van der Waals surface area contributed by atoms with Crippen molar-refractivity contribution in [3.63, 3.8) is 0 Å². The van der Waals surface area contributed by atoms with Crippen molar-refractivity contribution in [2.45, 2.75) is 32.7 Å². The van der Waals surface area contributed by atoms with E-state index in [0.29, 0.717) is 17.8 Å². The number of likely N-dealkylation sites (tertiary alicyclic amines) is 1. The molecule has 7 nitrogen and oxygen atoms in total. The summed E-state index contributed by atoms with van der Waals surface area (Å²) < 4.78 is 3.82. The number of aromatic nitrogens is 5. The molecule has 0 saturated carbocycles. The molecule has 1 amide bonds. The molecule has 1 saturated heterocycles. The number of piperidine rings is 1. The summed E-state index contributed by atoms with van der Waals surface area (Å²) in [4.78, 5) is 23.7. The first kappa shape index (κ1) is 14.9. The molecule has 4 heterocycles. The number of fused-ring (bicyclic) bond motifs is 1. The van der Waals surface area contributed by atoms with Crippen LogP contribution < -0.4 is 0 Å². The summed E-state index contributed by atoms with van der Waals surface area (Å²) in [5, 5.41) is 4.25. The highest BCUT2D eigenvalue weighted by atomic mass is 16.2. The highest BCUT2D eigenvalue weighted by Gasteiger charge is 2.28. The number of imidazole rings is 1. The van der Waals surface area contributed by atoms with Gasteiger partial charge in [-0.15, -0.1) is 0 Å². The monoisotopic (exact) mass is 324 g/mol. The normalized spacial score (nSPS) is 18.2. The second kappa shape index (κ2) is 5.74. The molecule has 1 aliphatic rings. The second-order valence-electron chi connectivity index (χ2n) is 6.32. The molecule has 1 atom stereocenters. The summed E-state index contributed by atoms with van der Waals surface area (Å²) in [6.45, 7) is 5.38. The third kappa shape index (κ3) is 2.46. The first-order chi connectivity index (χ1) is 11.6. The van der Waals surface area contributed by atoms with E-state index in [1.807, 2.05) is 43.4 Å². The Balaban J connectivity index is 1.61. The van der Waals surface area contributed by atoms with E-state index < -0.39 is 0 Å². The van der Waals surface area contributed by atoms with Crippen LogP contribution in [-0.4, -0.2) is 48.0 Å². The zero-order valence-corrected chi connectivity index (χ0v) is 13.9. The van der Waals surface area contributed by atoms with E-state index in [1.165, 1.54) is 0 Å². The number of hydrogen-bond acceptors (Lipinski definition) is 4. The Bertz CT molecular complexity index is 896. The van der Waals surface area contributed by atoms with Crippen LogP contribution in [0.4, 0.5) is 0 Å². The summed E-state index contributed by atoms with van der Waals surface area (Å²) in [7, 11) is 0. The Hall–Kier alpha value is -2.70. The quantitative estimate of drug-likeness (QED) is 0.723. The van der Waals surface area contributed by atoms with Crippen molar-refractivity contribution >= 4 is 11.6 Å². The van der Waals surface area contributed by atoms with Crippen molar-refractivity contribution in [1.29, 1.82) is 0 Å². The lowest BCUT2D eigenvalue weighted by Gasteiger charge is -2.33. The van der Waals surface area contributed by atoms with E-state index in [1.54, 1.807) is 10.7 Å². The lowest BCUT2D eigenvalue weighted by molar-refractivity contribution is 0.0680. The van der Waals surface area contributed by atoms with Gasteiger partial charge in [0.2, 0.25) is 0 Å². The van der Waals surface area contributed by atoms with E-state index in [9.17, 15) is 4.79 Å². The number of amides is 1. The molecule has 3 aromatic rings. The van der Waals surface area contributed by atoms with Crippen molar-refractivity contribution in [2.75, 3.05) is 13.1 Å². The molecule has 1 unspecified atom stereocenters. The number of aryl methyl sites for hydroxylation is 2. The SMILES string of the molecule is Cc1ccn2ncc(C(=O)N3CCCC(n4ccnc4C)C3)c2n1. The van der Waals surface area contributed by atoms with E-state index in [0.717, 1.165) is 30.9 Å². The van der Waals surface area contributed by atoms with Crippen molar-refractivity contribution in [2.24, 2.45) is 0 Å². The van der Waals surface area contributed by atoms with E-state index in [2.05, 4.69) is 19.6 Å². The fourth-order valence-corrected chi connectivity index (χ4v) is 3.42. The predicted octanol–water partition coefficient (Wildman–Crippen LogP) is 2.02. The molecule has 1 fully saturated rings. The number of rotatable bonds is 2. The number of carbonyl (C=O) groups excluding carboxylic acids is 1. The summed E-state index contributed by atoms with van der Waals surface area (Å²) in [5.74, 6) is 0.994. The maximum absolute atomic E-state index is 13.0. The maximum Gasteiger partial charge on any atom is 0.259 e. The van der Waals surface area contributed by atoms with Gasteiger partial charge in [-0.25, -0.2) is 14.5 Å². The minimum Gasteiger partial charge on any atom is -0.336 e. The molecule has 3 aromatic heterocycles. The first-order valence-corrected chi connectivity index (χ1v) is 8.23. The highest BCUT2D eigenvalue weighted by Crippen LogP contribution is 2.24. The summed E-state index contributed by atoms with van der Waals surface area (Å²) in [6, 6.07) is 2.16. The summed E-state index contributed by atoms with van der Waals surface area (Å²) in [5.41, 5.74) is 2.07. The van der Waals surface area contributed by atoms with E-state index in [4.69, 9.17) is 0 Å².